The number of hydrogen-bond acceptors (Lipinski definition) is 5. The van der Waals surface area contributed by atoms with E-state index in [0.717, 1.165) is 24.2 Å². The molecule has 2 aromatic rings. The molecule has 1 aromatic heterocycles. The maximum Gasteiger partial charge on any atom is 0.328 e. The first kappa shape index (κ1) is 20.1. The summed E-state index contributed by atoms with van der Waals surface area (Å²) < 4.78 is 15.0. The fraction of sp³-hybridized carbons (Fsp3) is 0.429. The zero-order valence-electron chi connectivity index (χ0n) is 17.5. The number of rotatable bonds is 4. The summed E-state index contributed by atoms with van der Waals surface area (Å²) in [7, 11) is 3.44. The number of aliphatic imine (C=N–C) groups is 1. The summed E-state index contributed by atoms with van der Waals surface area (Å²) in [5.74, 6) is -0.133. The molecule has 8 nitrogen and oxygen atoms in total. The van der Waals surface area contributed by atoms with Gasteiger partial charge in [-0.05, 0) is 36.6 Å². The van der Waals surface area contributed by atoms with Gasteiger partial charge >= 0.3 is 6.03 Å². The van der Waals surface area contributed by atoms with Crippen LogP contribution >= 0.6 is 0 Å². The number of carbonyl (C=O) groups is 2. The Kier molecular flexibility index (Phi) is 5.05. The van der Waals surface area contributed by atoms with Gasteiger partial charge in [-0.1, -0.05) is 26.0 Å². The van der Waals surface area contributed by atoms with Crippen LogP contribution in [-0.2, 0) is 24.2 Å². The lowest BCUT2D eigenvalue weighted by Gasteiger charge is -2.40. The van der Waals surface area contributed by atoms with Gasteiger partial charge in [-0.3, -0.25) is 9.69 Å². The highest BCUT2D eigenvalue weighted by Gasteiger charge is 2.51. The summed E-state index contributed by atoms with van der Waals surface area (Å²) in [6.07, 6.45) is 0.953. The van der Waals surface area contributed by atoms with E-state index in [0.29, 0.717) is 11.5 Å². The maximum absolute atomic E-state index is 13.3. The van der Waals surface area contributed by atoms with Crippen LogP contribution < -0.4 is 0 Å². The summed E-state index contributed by atoms with van der Waals surface area (Å²) in [6, 6.07) is 6.77. The van der Waals surface area contributed by atoms with E-state index in [-0.39, 0.29) is 18.3 Å². The standard InChI is InChI=1S/C21H25FN6O2/c1-5-15-11-16(6-2)28(24-15)20-23-18-17(25(20)3)19(29)27(21(30)26(18)4)12-13-7-9-14(22)10-8-13/h7-11,17-18H,5-6,12H2,1-4H3. The lowest BCUT2D eigenvalue weighted by molar-refractivity contribution is -0.137. The minimum absolute atomic E-state index is 0.0800. The van der Waals surface area contributed by atoms with Crippen LogP contribution in [0.4, 0.5) is 9.18 Å². The Labute approximate surface area is 174 Å². The van der Waals surface area contributed by atoms with Gasteiger partial charge in [0.2, 0.25) is 5.96 Å². The number of benzene rings is 1. The molecule has 9 heteroatoms. The van der Waals surface area contributed by atoms with Crippen molar-refractivity contribution < 1.29 is 14.0 Å². The number of aryl methyl sites for hydroxylation is 2. The molecular weight excluding hydrogens is 387 g/mol. The summed E-state index contributed by atoms with van der Waals surface area (Å²) in [5, 5.41) is 4.63. The number of hydrogen-bond donors (Lipinski definition) is 0. The Morgan fingerprint density at radius 2 is 1.73 bits per heavy atom. The number of amides is 3. The van der Waals surface area contributed by atoms with Crippen LogP contribution in [0.2, 0.25) is 0 Å². The first-order valence-corrected chi connectivity index (χ1v) is 10.1. The number of carbonyl (C=O) groups excluding carboxylic acids is 2. The molecule has 30 heavy (non-hydrogen) atoms. The average molecular weight is 412 g/mol. The van der Waals surface area contributed by atoms with Crippen LogP contribution in [0.3, 0.4) is 0 Å². The molecule has 0 spiro atoms. The Morgan fingerprint density at radius 3 is 2.37 bits per heavy atom. The van der Waals surface area contributed by atoms with Crippen LogP contribution in [0.5, 0.6) is 0 Å². The summed E-state index contributed by atoms with van der Waals surface area (Å²) in [4.78, 5) is 35.4. The Balaban J connectivity index is 1.65. The molecule has 3 amide bonds. The third kappa shape index (κ3) is 3.14. The van der Waals surface area contributed by atoms with Crippen molar-refractivity contribution in [2.75, 3.05) is 14.1 Å². The van der Waals surface area contributed by atoms with Gasteiger partial charge in [-0.2, -0.15) is 5.10 Å². The number of fused-ring (bicyclic) bond motifs is 1. The topological polar surface area (TPSA) is 74.0 Å². The Morgan fingerprint density at radius 1 is 1.03 bits per heavy atom. The maximum atomic E-state index is 13.3. The van der Waals surface area contributed by atoms with Crippen LogP contribution in [0.1, 0.15) is 30.8 Å². The monoisotopic (exact) mass is 412 g/mol. The predicted molar refractivity (Wildman–Crippen MR) is 109 cm³/mol. The molecule has 1 aromatic carbocycles. The highest BCUT2D eigenvalue weighted by Crippen LogP contribution is 2.28. The summed E-state index contributed by atoms with van der Waals surface area (Å²) >= 11 is 0. The lowest BCUT2D eigenvalue weighted by Crippen LogP contribution is -2.64. The molecule has 4 rings (SSSR count). The van der Waals surface area contributed by atoms with Gasteiger partial charge in [0, 0.05) is 19.8 Å². The number of aromatic nitrogens is 2. The van der Waals surface area contributed by atoms with E-state index >= 15 is 0 Å². The number of nitrogens with zero attached hydrogens (tertiary/aromatic N) is 6. The van der Waals surface area contributed by atoms with Crippen LogP contribution in [0.15, 0.2) is 35.3 Å². The quantitative estimate of drug-likeness (QED) is 0.771. The fourth-order valence-corrected chi connectivity index (χ4v) is 3.95. The van der Waals surface area contributed by atoms with Crippen molar-refractivity contribution in [3.63, 3.8) is 0 Å². The van der Waals surface area contributed by atoms with Gasteiger partial charge in [0.1, 0.15) is 5.82 Å². The molecule has 0 aliphatic carbocycles. The fourth-order valence-electron chi connectivity index (χ4n) is 3.95. The zero-order valence-corrected chi connectivity index (χ0v) is 17.5. The number of halogens is 1. The lowest BCUT2D eigenvalue weighted by atomic mass is 10.1. The van der Waals surface area contributed by atoms with Gasteiger partial charge in [0.25, 0.3) is 5.91 Å². The molecule has 2 aliphatic rings. The Hall–Kier alpha value is -3.23. The highest BCUT2D eigenvalue weighted by molar-refractivity contribution is 6.03. The minimum Gasteiger partial charge on any atom is -0.328 e. The van der Waals surface area contributed by atoms with Gasteiger partial charge in [-0.15, -0.1) is 0 Å². The van der Waals surface area contributed by atoms with E-state index in [4.69, 9.17) is 4.99 Å². The normalized spacial score (nSPS) is 21.4. The van der Waals surface area contributed by atoms with E-state index in [2.05, 4.69) is 5.10 Å². The van der Waals surface area contributed by atoms with E-state index in [1.54, 1.807) is 35.8 Å². The molecule has 0 N–H and O–H groups in total. The van der Waals surface area contributed by atoms with Crippen molar-refractivity contribution in [3.05, 3.63) is 53.1 Å². The summed E-state index contributed by atoms with van der Waals surface area (Å²) in [5.41, 5.74) is 2.63. The molecule has 0 saturated carbocycles. The summed E-state index contributed by atoms with van der Waals surface area (Å²) in [6.45, 7) is 4.16. The van der Waals surface area contributed by atoms with E-state index in [1.807, 2.05) is 19.9 Å². The molecule has 1 saturated heterocycles. The number of urea groups is 1. The molecule has 2 atom stereocenters. The van der Waals surface area contributed by atoms with Gasteiger partial charge in [-0.25, -0.2) is 18.9 Å². The second-order valence-corrected chi connectivity index (χ2v) is 7.59. The molecule has 1 fully saturated rings. The van der Waals surface area contributed by atoms with Crippen LogP contribution in [0, 0.1) is 5.82 Å². The van der Waals surface area contributed by atoms with Crippen LogP contribution in [-0.4, -0.2) is 68.7 Å². The minimum atomic E-state index is -0.637. The van der Waals surface area contributed by atoms with Crippen molar-refractivity contribution in [3.8, 4) is 0 Å². The van der Waals surface area contributed by atoms with Gasteiger partial charge in [0.15, 0.2) is 12.2 Å². The van der Waals surface area contributed by atoms with E-state index < -0.39 is 18.2 Å². The predicted octanol–water partition coefficient (Wildman–Crippen LogP) is 2.09. The van der Waals surface area contributed by atoms with Crippen molar-refractivity contribution in [2.45, 2.75) is 45.4 Å². The highest BCUT2D eigenvalue weighted by atomic mass is 19.1. The molecule has 2 unspecified atom stereocenters. The van der Waals surface area contributed by atoms with E-state index in [9.17, 15) is 14.0 Å². The van der Waals surface area contributed by atoms with E-state index in [1.165, 1.54) is 21.9 Å². The first-order valence-electron chi connectivity index (χ1n) is 10.1. The number of imide groups is 1. The molecular formula is C21H25FN6O2. The third-order valence-electron chi connectivity index (χ3n) is 5.71. The van der Waals surface area contributed by atoms with Gasteiger partial charge in [0.05, 0.1) is 12.2 Å². The van der Waals surface area contributed by atoms with Crippen molar-refractivity contribution in [2.24, 2.45) is 4.99 Å². The van der Waals surface area contributed by atoms with Gasteiger partial charge < -0.3 is 9.80 Å². The first-order chi connectivity index (χ1) is 14.3. The molecule has 0 radical (unpaired) electrons. The van der Waals surface area contributed by atoms with Crippen molar-refractivity contribution in [1.29, 1.82) is 0 Å². The molecule has 0 bridgehead atoms. The third-order valence-corrected chi connectivity index (χ3v) is 5.71. The Bertz CT molecular complexity index is 1020. The second-order valence-electron chi connectivity index (χ2n) is 7.59. The average Bonchev–Trinajstić information content (AvgIpc) is 3.31. The largest absolute Gasteiger partial charge is 0.328 e. The molecule has 3 heterocycles. The zero-order chi connectivity index (χ0) is 21.6. The van der Waals surface area contributed by atoms with Crippen molar-refractivity contribution in [1.82, 2.24) is 24.5 Å². The second kappa shape index (κ2) is 7.55. The van der Waals surface area contributed by atoms with Crippen LogP contribution in [0.25, 0.3) is 0 Å². The smallest absolute Gasteiger partial charge is 0.328 e. The number of likely N-dealkylation sites (N-methyl/N-ethyl adjacent to an activating group) is 2. The molecule has 2 aliphatic heterocycles. The van der Waals surface area contributed by atoms with Crippen molar-refractivity contribution >= 4 is 17.9 Å². The SMILES string of the molecule is CCc1cc(CC)n(C2=NC3C(C(=O)N(Cc4ccc(F)cc4)C(=O)N3C)N2C)n1. The molecule has 158 valence electrons.